The average Bonchev–Trinajstić information content (AvgIpc) is 3.52. The molecular weight excluding hydrogens is 472 g/mol. The molecule has 0 radical (unpaired) electrons. The van der Waals surface area contributed by atoms with E-state index in [9.17, 15) is 4.79 Å². The molecule has 1 N–H and O–H groups in total. The molecular formula is C26H22N8O3. The highest BCUT2D eigenvalue weighted by molar-refractivity contribution is 5.97. The summed E-state index contributed by atoms with van der Waals surface area (Å²) in [6.07, 6.45) is 2.45. The molecule has 11 heteroatoms. The molecule has 1 saturated carbocycles. The molecule has 6 rings (SSSR count). The Morgan fingerprint density at radius 2 is 2.03 bits per heavy atom. The van der Waals surface area contributed by atoms with Crippen molar-refractivity contribution in [3.63, 3.8) is 0 Å². The van der Waals surface area contributed by atoms with Crippen LogP contribution in [0.1, 0.15) is 47.7 Å². The van der Waals surface area contributed by atoms with Gasteiger partial charge in [0, 0.05) is 29.1 Å². The second-order valence-electron chi connectivity index (χ2n) is 9.13. The number of ether oxygens (including phenoxy) is 1. The minimum Gasteiger partial charge on any atom is -0.467 e. The van der Waals surface area contributed by atoms with Crippen molar-refractivity contribution >= 4 is 22.3 Å². The fourth-order valence-electron chi connectivity index (χ4n) is 4.39. The van der Waals surface area contributed by atoms with Gasteiger partial charge in [-0.15, -0.1) is 15.3 Å². The Kier molecular flexibility index (Phi) is 5.49. The van der Waals surface area contributed by atoms with Crippen molar-refractivity contribution in [1.29, 1.82) is 5.26 Å². The number of hydrogen-bond donors (Lipinski definition) is 1. The Balaban J connectivity index is 1.26. The fraction of sp³-hybridized carbons (Fsp3) is 0.269. The Morgan fingerprint density at radius 1 is 1.22 bits per heavy atom. The first-order valence-corrected chi connectivity index (χ1v) is 11.9. The molecule has 5 aromatic rings. The molecule has 11 nitrogen and oxygen atoms in total. The van der Waals surface area contributed by atoms with Crippen LogP contribution in [0.25, 0.3) is 27.9 Å². The number of pyridine rings is 1. The lowest BCUT2D eigenvalue weighted by Crippen LogP contribution is -2.43. The van der Waals surface area contributed by atoms with Crippen LogP contribution in [0.5, 0.6) is 5.88 Å². The van der Waals surface area contributed by atoms with Crippen molar-refractivity contribution in [2.24, 2.45) is 5.92 Å². The standard InChI is InChI=1S/C26H22N8O3/c1-14-9-22(33-37-14)24-31-30-23-19-5-3-4-6-20(19)26(32-34(23)24)36-15(2)21-8-7-17(13-28-21)25(35)29-18-10-16(11-18)12-27/h3-9,13,15-16,18H,10-11H2,1-2H3,(H,29,35). The number of benzene rings is 1. The van der Waals surface area contributed by atoms with Crippen LogP contribution in [0.3, 0.4) is 0 Å². The molecule has 1 amide bonds. The van der Waals surface area contributed by atoms with Gasteiger partial charge < -0.3 is 14.6 Å². The SMILES string of the molecule is Cc1cc(-c2nnc3c4ccccc4c(OC(C)c4ccc(C(=O)NC5CC(C#N)C5)cn4)nn23)no1. The van der Waals surface area contributed by atoms with Crippen LogP contribution in [0.15, 0.2) is 53.2 Å². The number of carbonyl (C=O) groups excluding carboxylic acids is 1. The van der Waals surface area contributed by atoms with Crippen LogP contribution in [0.2, 0.25) is 0 Å². The van der Waals surface area contributed by atoms with Crippen molar-refractivity contribution in [3.05, 3.63) is 65.7 Å². The molecule has 0 bridgehead atoms. The predicted molar refractivity (Wildman–Crippen MR) is 131 cm³/mol. The number of rotatable bonds is 6. The van der Waals surface area contributed by atoms with E-state index in [0.717, 1.165) is 10.8 Å². The third-order valence-corrected chi connectivity index (χ3v) is 6.50. The summed E-state index contributed by atoms with van der Waals surface area (Å²) in [5, 5.41) is 30.8. The van der Waals surface area contributed by atoms with Crippen molar-refractivity contribution in [2.45, 2.75) is 38.8 Å². The van der Waals surface area contributed by atoms with E-state index < -0.39 is 6.10 Å². The average molecular weight is 495 g/mol. The maximum absolute atomic E-state index is 12.5. The topological polar surface area (TPSA) is 144 Å². The molecule has 184 valence electrons. The second kappa shape index (κ2) is 8.98. The van der Waals surface area contributed by atoms with Gasteiger partial charge in [0.05, 0.1) is 23.2 Å². The summed E-state index contributed by atoms with van der Waals surface area (Å²) < 4.78 is 13.1. The van der Waals surface area contributed by atoms with Gasteiger partial charge in [0.15, 0.2) is 11.3 Å². The molecule has 1 unspecified atom stereocenters. The van der Waals surface area contributed by atoms with Crippen molar-refractivity contribution in [1.82, 2.24) is 35.3 Å². The molecule has 1 aliphatic rings. The lowest BCUT2D eigenvalue weighted by molar-refractivity contribution is 0.0904. The van der Waals surface area contributed by atoms with Gasteiger partial charge in [0.2, 0.25) is 11.7 Å². The molecule has 0 spiro atoms. The molecule has 1 aliphatic carbocycles. The van der Waals surface area contributed by atoms with Crippen LogP contribution in [-0.2, 0) is 0 Å². The monoisotopic (exact) mass is 494 g/mol. The normalized spacial score (nSPS) is 17.8. The van der Waals surface area contributed by atoms with E-state index in [1.807, 2.05) is 31.2 Å². The van der Waals surface area contributed by atoms with Crippen LogP contribution in [0, 0.1) is 24.2 Å². The van der Waals surface area contributed by atoms with E-state index in [2.05, 4.69) is 31.7 Å². The molecule has 1 fully saturated rings. The van der Waals surface area contributed by atoms with E-state index in [1.165, 1.54) is 6.20 Å². The van der Waals surface area contributed by atoms with Crippen molar-refractivity contribution in [2.75, 3.05) is 0 Å². The molecule has 1 aromatic carbocycles. The molecule has 37 heavy (non-hydrogen) atoms. The largest absolute Gasteiger partial charge is 0.467 e. The van der Waals surface area contributed by atoms with Crippen molar-refractivity contribution in [3.8, 4) is 23.5 Å². The zero-order valence-corrected chi connectivity index (χ0v) is 20.1. The highest BCUT2D eigenvalue weighted by atomic mass is 16.5. The predicted octanol–water partition coefficient (Wildman–Crippen LogP) is 3.81. The van der Waals surface area contributed by atoms with Crippen LogP contribution >= 0.6 is 0 Å². The lowest BCUT2D eigenvalue weighted by Gasteiger charge is -2.31. The number of amides is 1. The third-order valence-electron chi connectivity index (χ3n) is 6.50. The Labute approximate surface area is 211 Å². The lowest BCUT2D eigenvalue weighted by atomic mass is 9.81. The van der Waals surface area contributed by atoms with Crippen LogP contribution < -0.4 is 10.1 Å². The number of carbonyl (C=O) groups is 1. The number of fused-ring (bicyclic) bond motifs is 3. The molecule has 4 heterocycles. The van der Waals surface area contributed by atoms with Gasteiger partial charge in [-0.2, -0.15) is 9.78 Å². The van der Waals surface area contributed by atoms with Crippen LogP contribution in [0.4, 0.5) is 0 Å². The Bertz CT molecular complexity index is 1660. The maximum atomic E-state index is 12.5. The van der Waals surface area contributed by atoms with Gasteiger partial charge in [-0.25, -0.2) is 0 Å². The second-order valence-corrected chi connectivity index (χ2v) is 9.13. The van der Waals surface area contributed by atoms with E-state index in [-0.39, 0.29) is 17.9 Å². The van der Waals surface area contributed by atoms with E-state index >= 15 is 0 Å². The summed E-state index contributed by atoms with van der Waals surface area (Å²) in [7, 11) is 0. The first kappa shape index (κ1) is 22.6. The van der Waals surface area contributed by atoms with Gasteiger partial charge >= 0.3 is 0 Å². The minimum absolute atomic E-state index is 0.0296. The number of aromatic nitrogens is 6. The van der Waals surface area contributed by atoms with Gasteiger partial charge in [0.1, 0.15) is 11.9 Å². The summed E-state index contributed by atoms with van der Waals surface area (Å²) in [6, 6.07) is 15.2. The molecule has 0 aliphatic heterocycles. The molecule has 0 saturated heterocycles. The summed E-state index contributed by atoms with van der Waals surface area (Å²) in [5.41, 5.74) is 2.20. The van der Waals surface area contributed by atoms with E-state index in [4.69, 9.17) is 19.6 Å². The Hall–Kier alpha value is -4.85. The van der Waals surface area contributed by atoms with E-state index in [0.29, 0.717) is 52.9 Å². The smallest absolute Gasteiger partial charge is 0.253 e. The summed E-state index contributed by atoms with van der Waals surface area (Å²) in [6.45, 7) is 3.67. The highest BCUT2D eigenvalue weighted by Gasteiger charge is 2.30. The minimum atomic E-state index is -0.456. The zero-order valence-electron chi connectivity index (χ0n) is 20.1. The van der Waals surface area contributed by atoms with E-state index in [1.54, 1.807) is 29.6 Å². The summed E-state index contributed by atoms with van der Waals surface area (Å²) >= 11 is 0. The van der Waals surface area contributed by atoms with Gasteiger partial charge in [-0.1, -0.05) is 23.4 Å². The Morgan fingerprint density at radius 3 is 2.73 bits per heavy atom. The van der Waals surface area contributed by atoms with Gasteiger partial charge in [-0.3, -0.25) is 9.78 Å². The summed E-state index contributed by atoms with van der Waals surface area (Å²) in [5.74, 6) is 1.31. The number of hydrogen-bond acceptors (Lipinski definition) is 9. The number of nitrogens with one attached hydrogen (secondary N) is 1. The molecule has 1 atom stereocenters. The fourth-order valence-corrected chi connectivity index (χ4v) is 4.39. The zero-order chi connectivity index (χ0) is 25.5. The molecule has 4 aromatic heterocycles. The number of aryl methyl sites for hydroxylation is 1. The first-order chi connectivity index (χ1) is 18.0. The van der Waals surface area contributed by atoms with Gasteiger partial charge in [-0.05, 0) is 44.9 Å². The number of nitrogens with zero attached hydrogens (tertiary/aromatic N) is 7. The highest BCUT2D eigenvalue weighted by Crippen LogP contribution is 2.31. The maximum Gasteiger partial charge on any atom is 0.253 e. The number of nitriles is 1. The quantitative estimate of drug-likeness (QED) is 0.372. The van der Waals surface area contributed by atoms with Crippen LogP contribution in [-0.4, -0.2) is 41.9 Å². The summed E-state index contributed by atoms with van der Waals surface area (Å²) in [4.78, 5) is 17.0. The van der Waals surface area contributed by atoms with Crippen molar-refractivity contribution < 1.29 is 14.1 Å². The third kappa shape index (κ3) is 4.12. The van der Waals surface area contributed by atoms with Gasteiger partial charge in [0.25, 0.3) is 5.91 Å². The first-order valence-electron chi connectivity index (χ1n) is 11.9.